The summed E-state index contributed by atoms with van der Waals surface area (Å²) >= 11 is 0. The van der Waals surface area contributed by atoms with Crippen molar-refractivity contribution >= 4 is 5.69 Å². The van der Waals surface area contributed by atoms with E-state index in [2.05, 4.69) is 11.9 Å². The van der Waals surface area contributed by atoms with Gasteiger partial charge in [0.1, 0.15) is 6.61 Å². The van der Waals surface area contributed by atoms with Gasteiger partial charge in [0, 0.05) is 37.9 Å². The zero-order chi connectivity index (χ0) is 17.4. The van der Waals surface area contributed by atoms with Gasteiger partial charge in [-0.2, -0.15) is 0 Å². The highest BCUT2D eigenvalue weighted by Gasteiger charge is 2.18. The summed E-state index contributed by atoms with van der Waals surface area (Å²) in [4.78, 5) is 2.24. The smallest absolute Gasteiger partial charge is 0.162 e. The summed E-state index contributed by atoms with van der Waals surface area (Å²) in [5.41, 5.74) is 6.33. The molecule has 3 N–H and O–H groups in total. The number of hydroxylamine groups is 1. The third-order valence-electron chi connectivity index (χ3n) is 3.91. The number of rotatable bonds is 9. The Labute approximate surface area is 143 Å². The van der Waals surface area contributed by atoms with E-state index in [4.69, 9.17) is 19.9 Å². The van der Waals surface area contributed by atoms with Gasteiger partial charge in [-0.25, -0.2) is 5.01 Å². The third-order valence-corrected chi connectivity index (χ3v) is 3.91. The maximum Gasteiger partial charge on any atom is 0.162 e. The number of hydrogen-bond acceptors (Lipinski definition) is 8. The predicted octanol–water partition coefficient (Wildman–Crippen LogP) is 0.526. The predicted molar refractivity (Wildman–Crippen MR) is 91.3 cm³/mol. The van der Waals surface area contributed by atoms with Crippen molar-refractivity contribution in [3.63, 3.8) is 0 Å². The molecule has 8 nitrogen and oxygen atoms in total. The van der Waals surface area contributed by atoms with Crippen molar-refractivity contribution in [1.82, 2.24) is 15.1 Å². The highest BCUT2D eigenvalue weighted by molar-refractivity contribution is 5.51. The molecule has 24 heavy (non-hydrogen) atoms. The first kappa shape index (κ1) is 18.8. The lowest BCUT2D eigenvalue weighted by molar-refractivity contribution is -0.258. The Kier molecular flexibility index (Phi) is 7.54. The number of piperazine rings is 1. The van der Waals surface area contributed by atoms with Crippen LogP contribution in [0.1, 0.15) is 0 Å². The van der Waals surface area contributed by atoms with Crippen LogP contribution in [0.2, 0.25) is 0 Å². The number of hydrazine groups is 1. The molecule has 0 unspecified atom stereocenters. The molecule has 0 bridgehead atoms. The summed E-state index contributed by atoms with van der Waals surface area (Å²) < 4.78 is 16.3. The van der Waals surface area contributed by atoms with Crippen molar-refractivity contribution in [1.29, 1.82) is 0 Å². The standard InChI is InChI=1S/C16H28N4O4/c1-18-5-7-19(8-6-18)20(21)9-10-23-11-12-24-15-4-3-14(17)13-16(15)22-2/h3-4,13,21H,5-12,17H2,1-2H3. The normalized spacial score (nSPS) is 16.5. The molecule has 0 radical (unpaired) electrons. The molecule has 8 heteroatoms. The van der Waals surface area contributed by atoms with Crippen molar-refractivity contribution in [3.8, 4) is 11.5 Å². The van der Waals surface area contributed by atoms with Crippen molar-refractivity contribution in [2.45, 2.75) is 0 Å². The number of nitrogens with zero attached hydrogens (tertiary/aromatic N) is 3. The Balaban J connectivity index is 1.58. The van der Waals surface area contributed by atoms with Crippen LogP contribution in [0, 0.1) is 0 Å². The Bertz CT molecular complexity index is 495. The molecule has 0 saturated carbocycles. The van der Waals surface area contributed by atoms with Crippen LogP contribution in [0.25, 0.3) is 0 Å². The average molecular weight is 340 g/mol. The van der Waals surface area contributed by atoms with Gasteiger partial charge in [-0.15, -0.1) is 5.17 Å². The monoisotopic (exact) mass is 340 g/mol. The molecule has 136 valence electrons. The van der Waals surface area contributed by atoms with Crippen molar-refractivity contribution < 1.29 is 19.4 Å². The van der Waals surface area contributed by atoms with Crippen LogP contribution < -0.4 is 15.2 Å². The Hall–Kier alpha value is -1.58. The number of likely N-dealkylation sites (N-methyl/N-ethyl adjacent to an activating group) is 1. The number of hydrogen-bond donors (Lipinski definition) is 2. The number of methoxy groups -OCH3 is 1. The minimum atomic E-state index is 0.403. The van der Waals surface area contributed by atoms with E-state index in [1.165, 1.54) is 5.17 Å². The molecule has 0 amide bonds. The van der Waals surface area contributed by atoms with E-state index in [9.17, 15) is 5.21 Å². The molecular weight excluding hydrogens is 312 g/mol. The summed E-state index contributed by atoms with van der Waals surface area (Å²) in [6.45, 7) is 5.27. The maximum absolute atomic E-state index is 9.99. The average Bonchev–Trinajstić information content (AvgIpc) is 2.59. The van der Waals surface area contributed by atoms with E-state index in [0.29, 0.717) is 43.6 Å². The Morgan fingerprint density at radius 1 is 1.12 bits per heavy atom. The minimum Gasteiger partial charge on any atom is -0.493 e. The molecule has 1 aromatic carbocycles. The van der Waals surface area contributed by atoms with E-state index >= 15 is 0 Å². The first-order valence-corrected chi connectivity index (χ1v) is 8.14. The summed E-state index contributed by atoms with van der Waals surface area (Å²) in [6, 6.07) is 5.26. The Morgan fingerprint density at radius 3 is 2.58 bits per heavy atom. The number of benzene rings is 1. The van der Waals surface area contributed by atoms with Crippen LogP contribution >= 0.6 is 0 Å². The van der Waals surface area contributed by atoms with Gasteiger partial charge < -0.3 is 24.8 Å². The molecule has 1 saturated heterocycles. The quantitative estimate of drug-likeness (QED) is 0.383. The second-order valence-corrected chi connectivity index (χ2v) is 5.72. The molecule has 0 aromatic heterocycles. The molecule has 1 aliphatic heterocycles. The SMILES string of the molecule is COc1cc(N)ccc1OCCOCCN(O)N1CCN(C)CC1. The number of ether oxygens (including phenoxy) is 3. The topological polar surface area (TPSA) is 83.7 Å². The van der Waals surface area contributed by atoms with Gasteiger partial charge in [-0.1, -0.05) is 0 Å². The molecule has 2 rings (SSSR count). The number of anilines is 1. The summed E-state index contributed by atoms with van der Waals surface area (Å²) in [7, 11) is 3.66. The minimum absolute atomic E-state index is 0.403. The number of nitrogen functional groups attached to an aromatic ring is 1. The van der Waals surface area contributed by atoms with Gasteiger partial charge >= 0.3 is 0 Å². The molecule has 0 atom stereocenters. The Morgan fingerprint density at radius 2 is 1.88 bits per heavy atom. The lowest BCUT2D eigenvalue weighted by atomic mass is 10.3. The van der Waals surface area contributed by atoms with E-state index < -0.39 is 0 Å². The van der Waals surface area contributed by atoms with Crippen molar-refractivity contribution in [2.75, 3.05) is 72.4 Å². The highest BCUT2D eigenvalue weighted by atomic mass is 16.6. The lowest BCUT2D eigenvalue weighted by Crippen LogP contribution is -2.52. The number of nitrogens with two attached hydrogens (primary N) is 1. The fourth-order valence-electron chi connectivity index (χ4n) is 2.43. The van der Waals surface area contributed by atoms with Crippen molar-refractivity contribution in [3.05, 3.63) is 18.2 Å². The largest absolute Gasteiger partial charge is 0.493 e. The van der Waals surface area contributed by atoms with Crippen LogP contribution in [-0.4, -0.2) is 87.0 Å². The molecule has 1 fully saturated rings. The maximum atomic E-state index is 9.99. The molecule has 0 aliphatic carbocycles. The highest BCUT2D eigenvalue weighted by Crippen LogP contribution is 2.28. The van der Waals surface area contributed by atoms with Gasteiger partial charge in [-0.3, -0.25) is 5.21 Å². The van der Waals surface area contributed by atoms with Gasteiger partial charge in [0.15, 0.2) is 11.5 Å². The fraction of sp³-hybridized carbons (Fsp3) is 0.625. The second kappa shape index (κ2) is 9.65. The van der Waals surface area contributed by atoms with E-state index in [1.54, 1.807) is 25.3 Å². The zero-order valence-electron chi connectivity index (χ0n) is 14.5. The van der Waals surface area contributed by atoms with Crippen molar-refractivity contribution in [2.24, 2.45) is 0 Å². The van der Waals surface area contributed by atoms with E-state index in [1.807, 2.05) is 5.01 Å². The molecule has 1 heterocycles. The summed E-state index contributed by atoms with van der Waals surface area (Å²) in [5, 5.41) is 13.2. The summed E-state index contributed by atoms with van der Waals surface area (Å²) in [6.07, 6.45) is 0. The molecular formula is C16H28N4O4. The molecule has 1 aromatic rings. The van der Waals surface area contributed by atoms with E-state index in [0.717, 1.165) is 26.2 Å². The lowest BCUT2D eigenvalue weighted by Gasteiger charge is -2.36. The fourth-order valence-corrected chi connectivity index (χ4v) is 2.43. The van der Waals surface area contributed by atoms with Gasteiger partial charge in [-0.05, 0) is 19.2 Å². The van der Waals surface area contributed by atoms with Gasteiger partial charge in [0.25, 0.3) is 0 Å². The molecule has 1 aliphatic rings. The van der Waals surface area contributed by atoms with Crippen LogP contribution in [0.3, 0.4) is 0 Å². The van der Waals surface area contributed by atoms with E-state index in [-0.39, 0.29) is 0 Å². The summed E-state index contributed by atoms with van der Waals surface area (Å²) in [5.74, 6) is 1.24. The first-order valence-electron chi connectivity index (χ1n) is 8.14. The van der Waals surface area contributed by atoms with Crippen LogP contribution in [0.15, 0.2) is 18.2 Å². The van der Waals surface area contributed by atoms with Crippen LogP contribution in [0.5, 0.6) is 11.5 Å². The third kappa shape index (κ3) is 5.81. The second-order valence-electron chi connectivity index (χ2n) is 5.72. The first-order chi connectivity index (χ1) is 11.6. The zero-order valence-corrected chi connectivity index (χ0v) is 14.5. The van der Waals surface area contributed by atoms with Crippen LogP contribution in [0.4, 0.5) is 5.69 Å². The van der Waals surface area contributed by atoms with Crippen LogP contribution in [-0.2, 0) is 4.74 Å². The molecule has 0 spiro atoms. The van der Waals surface area contributed by atoms with Gasteiger partial charge in [0.05, 0.1) is 26.9 Å². The van der Waals surface area contributed by atoms with Gasteiger partial charge in [0.2, 0.25) is 0 Å².